The van der Waals surface area contributed by atoms with Crippen molar-refractivity contribution in [1.82, 2.24) is 10.2 Å². The minimum atomic E-state index is -0.302. The quantitative estimate of drug-likeness (QED) is 0.739. The first-order valence-corrected chi connectivity index (χ1v) is 4.97. The summed E-state index contributed by atoms with van der Waals surface area (Å²) in [5.41, 5.74) is 1.63. The molecule has 0 amide bonds. The zero-order valence-electron chi connectivity index (χ0n) is 7.53. The summed E-state index contributed by atoms with van der Waals surface area (Å²) in [7, 11) is 0. The van der Waals surface area contributed by atoms with Gasteiger partial charge in [-0.3, -0.25) is 5.10 Å². The van der Waals surface area contributed by atoms with Crippen molar-refractivity contribution >= 4 is 0 Å². The number of aromatic amines is 1. The summed E-state index contributed by atoms with van der Waals surface area (Å²) in [6.45, 7) is 0. The number of nitrogens with one attached hydrogen (secondary N) is 1. The Morgan fingerprint density at radius 2 is 2.54 bits per heavy atom. The van der Waals surface area contributed by atoms with Crippen LogP contribution in [0, 0.1) is 11.3 Å². The van der Waals surface area contributed by atoms with Crippen molar-refractivity contribution in [1.29, 1.82) is 0 Å². The molecule has 2 N–H and O–H groups in total. The third-order valence-corrected chi connectivity index (χ3v) is 3.66. The van der Waals surface area contributed by atoms with Crippen molar-refractivity contribution in [2.24, 2.45) is 11.3 Å². The smallest absolute Gasteiger partial charge is 0.0823 e. The van der Waals surface area contributed by atoms with E-state index < -0.39 is 0 Å². The summed E-state index contributed by atoms with van der Waals surface area (Å²) >= 11 is 0. The van der Waals surface area contributed by atoms with Crippen LogP contribution >= 0.6 is 0 Å². The Kier molecular flexibility index (Phi) is 1.37. The predicted molar refractivity (Wildman–Crippen MR) is 47.9 cm³/mol. The maximum atomic E-state index is 9.82. The highest BCUT2D eigenvalue weighted by Crippen LogP contribution is 2.72. The van der Waals surface area contributed by atoms with Gasteiger partial charge in [-0.2, -0.15) is 5.10 Å². The molecule has 0 saturated heterocycles. The Morgan fingerprint density at radius 3 is 3.08 bits per heavy atom. The van der Waals surface area contributed by atoms with Crippen LogP contribution in [0.15, 0.2) is 12.4 Å². The van der Waals surface area contributed by atoms with Crippen molar-refractivity contribution < 1.29 is 5.11 Å². The lowest BCUT2D eigenvalue weighted by molar-refractivity contribution is 0.157. The molecule has 1 aromatic rings. The van der Waals surface area contributed by atoms with Gasteiger partial charge < -0.3 is 5.11 Å². The normalized spacial score (nSPS) is 30.4. The second-order valence-corrected chi connectivity index (χ2v) is 4.55. The standard InChI is InChI=1S/C10H14N2O/c13-9(7-5-11-12-6-7)3-8-4-10(8)1-2-10/h5-6,8-9,13H,1-4H2,(H,11,12). The molecule has 1 spiro atoms. The van der Waals surface area contributed by atoms with Crippen molar-refractivity contribution in [3.8, 4) is 0 Å². The van der Waals surface area contributed by atoms with Gasteiger partial charge in [-0.25, -0.2) is 0 Å². The molecule has 3 heteroatoms. The van der Waals surface area contributed by atoms with E-state index in [1.807, 2.05) is 0 Å². The van der Waals surface area contributed by atoms with Gasteiger partial charge >= 0.3 is 0 Å². The molecule has 0 aliphatic heterocycles. The summed E-state index contributed by atoms with van der Waals surface area (Å²) in [6, 6.07) is 0. The zero-order chi connectivity index (χ0) is 8.89. The summed E-state index contributed by atoms with van der Waals surface area (Å²) in [6.07, 6.45) is 8.27. The van der Waals surface area contributed by atoms with E-state index in [1.54, 1.807) is 12.4 Å². The number of hydrogen-bond donors (Lipinski definition) is 2. The third kappa shape index (κ3) is 1.18. The third-order valence-electron chi connectivity index (χ3n) is 3.66. The first-order valence-electron chi connectivity index (χ1n) is 4.97. The van der Waals surface area contributed by atoms with E-state index in [-0.39, 0.29) is 6.10 Å². The predicted octanol–water partition coefficient (Wildman–Crippen LogP) is 1.63. The maximum Gasteiger partial charge on any atom is 0.0823 e. The largest absolute Gasteiger partial charge is 0.388 e. The van der Waals surface area contributed by atoms with Gasteiger partial charge in [0.05, 0.1) is 12.3 Å². The van der Waals surface area contributed by atoms with E-state index >= 15 is 0 Å². The topological polar surface area (TPSA) is 48.9 Å². The highest BCUT2D eigenvalue weighted by Gasteiger charge is 2.62. The van der Waals surface area contributed by atoms with Crippen molar-refractivity contribution in [3.05, 3.63) is 18.0 Å². The summed E-state index contributed by atoms with van der Waals surface area (Å²) in [4.78, 5) is 0. The molecule has 2 atom stereocenters. The average Bonchev–Trinajstić information content (AvgIpc) is 2.97. The second-order valence-electron chi connectivity index (χ2n) is 4.55. The van der Waals surface area contributed by atoms with Crippen LogP contribution in [-0.2, 0) is 0 Å². The summed E-state index contributed by atoms with van der Waals surface area (Å²) < 4.78 is 0. The van der Waals surface area contributed by atoms with E-state index in [4.69, 9.17) is 0 Å². The molecule has 2 saturated carbocycles. The monoisotopic (exact) mass is 178 g/mol. The number of aliphatic hydroxyl groups excluding tert-OH is 1. The van der Waals surface area contributed by atoms with E-state index in [2.05, 4.69) is 10.2 Å². The van der Waals surface area contributed by atoms with Crippen LogP contribution in [0.25, 0.3) is 0 Å². The van der Waals surface area contributed by atoms with Gasteiger partial charge in [0.25, 0.3) is 0 Å². The Balaban J connectivity index is 1.61. The molecule has 3 rings (SSSR count). The molecule has 2 fully saturated rings. The molecule has 0 aromatic carbocycles. The minimum Gasteiger partial charge on any atom is -0.388 e. The first-order chi connectivity index (χ1) is 6.30. The molecule has 0 radical (unpaired) electrons. The number of rotatable bonds is 3. The maximum absolute atomic E-state index is 9.82. The van der Waals surface area contributed by atoms with Crippen LogP contribution in [-0.4, -0.2) is 15.3 Å². The average molecular weight is 178 g/mol. The second kappa shape index (κ2) is 2.35. The molecule has 2 unspecified atom stereocenters. The van der Waals surface area contributed by atoms with E-state index in [0.717, 1.165) is 17.9 Å². The van der Waals surface area contributed by atoms with E-state index in [0.29, 0.717) is 5.41 Å². The molecule has 3 nitrogen and oxygen atoms in total. The lowest BCUT2D eigenvalue weighted by Crippen LogP contribution is -1.97. The van der Waals surface area contributed by atoms with E-state index in [1.165, 1.54) is 19.3 Å². The van der Waals surface area contributed by atoms with Gasteiger partial charge in [-0.1, -0.05) is 0 Å². The molecule has 2 aliphatic rings. The lowest BCUT2D eigenvalue weighted by Gasteiger charge is -2.06. The molecule has 2 aliphatic carbocycles. The number of H-pyrrole nitrogens is 1. The Morgan fingerprint density at radius 1 is 1.69 bits per heavy atom. The zero-order valence-corrected chi connectivity index (χ0v) is 7.53. The highest BCUT2D eigenvalue weighted by molar-refractivity contribution is 5.15. The van der Waals surface area contributed by atoms with Crippen LogP contribution < -0.4 is 0 Å². The van der Waals surface area contributed by atoms with Gasteiger partial charge in [0.1, 0.15) is 0 Å². The van der Waals surface area contributed by atoms with Gasteiger partial charge in [0.15, 0.2) is 0 Å². The van der Waals surface area contributed by atoms with Crippen molar-refractivity contribution in [3.63, 3.8) is 0 Å². The van der Waals surface area contributed by atoms with Crippen LogP contribution in [0.1, 0.15) is 37.4 Å². The fourth-order valence-corrected chi connectivity index (χ4v) is 2.39. The molecule has 70 valence electrons. The number of hydrogen-bond acceptors (Lipinski definition) is 2. The van der Waals surface area contributed by atoms with Gasteiger partial charge in [0, 0.05) is 11.8 Å². The molecule has 0 bridgehead atoms. The fourth-order valence-electron chi connectivity index (χ4n) is 2.39. The number of aromatic nitrogens is 2. The fraction of sp³-hybridized carbons (Fsp3) is 0.700. The van der Waals surface area contributed by atoms with Crippen LogP contribution in [0.4, 0.5) is 0 Å². The summed E-state index contributed by atoms with van der Waals surface area (Å²) in [5.74, 6) is 0.789. The van der Waals surface area contributed by atoms with Crippen LogP contribution in [0.3, 0.4) is 0 Å². The van der Waals surface area contributed by atoms with Crippen LogP contribution in [0.2, 0.25) is 0 Å². The molecule has 13 heavy (non-hydrogen) atoms. The molecule has 1 heterocycles. The van der Waals surface area contributed by atoms with Crippen molar-refractivity contribution in [2.45, 2.75) is 31.8 Å². The Labute approximate surface area is 77.2 Å². The number of aliphatic hydroxyl groups is 1. The Hall–Kier alpha value is -0.830. The Bertz CT molecular complexity index is 303. The van der Waals surface area contributed by atoms with Gasteiger partial charge in [-0.15, -0.1) is 0 Å². The summed E-state index contributed by atoms with van der Waals surface area (Å²) in [5, 5.41) is 16.4. The lowest BCUT2D eigenvalue weighted by atomic mass is 10.1. The van der Waals surface area contributed by atoms with Crippen molar-refractivity contribution in [2.75, 3.05) is 0 Å². The molecular formula is C10H14N2O. The van der Waals surface area contributed by atoms with E-state index in [9.17, 15) is 5.11 Å². The number of nitrogens with zero attached hydrogens (tertiary/aromatic N) is 1. The van der Waals surface area contributed by atoms with Gasteiger partial charge in [-0.05, 0) is 37.0 Å². The SMILES string of the molecule is OC(CC1CC12CC2)c1cn[nH]c1. The van der Waals surface area contributed by atoms with Gasteiger partial charge in [0.2, 0.25) is 0 Å². The van der Waals surface area contributed by atoms with Crippen LogP contribution in [0.5, 0.6) is 0 Å². The molecular weight excluding hydrogens is 164 g/mol. The first kappa shape index (κ1) is 7.56. The highest BCUT2D eigenvalue weighted by atomic mass is 16.3. The minimum absolute atomic E-state index is 0.302. The molecule has 1 aromatic heterocycles.